The number of rotatable bonds is 2. The van der Waals surface area contributed by atoms with E-state index in [0.717, 1.165) is 30.0 Å². The topological polar surface area (TPSA) is 0 Å². The lowest BCUT2D eigenvalue weighted by Gasteiger charge is -2.29. The molecule has 0 saturated heterocycles. The van der Waals surface area contributed by atoms with Crippen molar-refractivity contribution in [2.24, 2.45) is 0 Å². The molecule has 0 amide bonds. The van der Waals surface area contributed by atoms with Crippen molar-refractivity contribution < 1.29 is 8.78 Å². The van der Waals surface area contributed by atoms with E-state index in [-0.39, 0.29) is 0 Å². The Morgan fingerprint density at radius 1 is 1.00 bits per heavy atom. The molecule has 3 heteroatoms. The first-order chi connectivity index (χ1) is 9.53. The second-order valence-corrected chi connectivity index (χ2v) is 5.73. The monoisotopic (exact) mass is 292 g/mol. The van der Waals surface area contributed by atoms with Crippen LogP contribution in [0.2, 0.25) is 5.02 Å². The fourth-order valence-corrected chi connectivity index (χ4v) is 3.71. The van der Waals surface area contributed by atoms with Crippen molar-refractivity contribution in [3.05, 3.63) is 58.1 Å². The van der Waals surface area contributed by atoms with Gasteiger partial charge in [0.25, 0.3) is 0 Å². The van der Waals surface area contributed by atoms with Gasteiger partial charge in [0.1, 0.15) is 11.6 Å². The fraction of sp³-hybridized carbons (Fsp3) is 0.294. The highest BCUT2D eigenvalue weighted by Gasteiger charge is 2.43. The molecule has 20 heavy (non-hydrogen) atoms. The van der Waals surface area contributed by atoms with E-state index in [4.69, 9.17) is 11.6 Å². The molecule has 0 nitrogen and oxygen atoms in total. The molecule has 104 valence electrons. The van der Waals surface area contributed by atoms with Gasteiger partial charge in [-0.05, 0) is 47.7 Å². The number of halogens is 3. The predicted octanol–water partition coefficient (Wildman–Crippen LogP) is 5.70. The third kappa shape index (κ3) is 1.64. The summed E-state index contributed by atoms with van der Waals surface area (Å²) >= 11 is 6.11. The predicted molar refractivity (Wildman–Crippen MR) is 78.2 cm³/mol. The smallest absolute Gasteiger partial charge is 0.130 e. The van der Waals surface area contributed by atoms with Crippen LogP contribution in [0.15, 0.2) is 30.3 Å². The maximum absolute atomic E-state index is 14.4. The summed E-state index contributed by atoms with van der Waals surface area (Å²) < 4.78 is 28.0. The molecule has 0 heterocycles. The van der Waals surface area contributed by atoms with E-state index in [1.807, 2.05) is 26.0 Å². The summed E-state index contributed by atoms with van der Waals surface area (Å²) in [6, 6.07) is 7.93. The Labute approximate surface area is 122 Å². The second-order valence-electron chi connectivity index (χ2n) is 5.29. The molecule has 0 atom stereocenters. The van der Waals surface area contributed by atoms with Crippen LogP contribution in [-0.4, -0.2) is 0 Å². The summed E-state index contributed by atoms with van der Waals surface area (Å²) in [5, 5.41) is 0.628. The molecule has 0 fully saturated rings. The third-order valence-electron chi connectivity index (χ3n) is 4.53. The average Bonchev–Trinajstić information content (AvgIpc) is 2.68. The molecule has 0 saturated carbocycles. The maximum atomic E-state index is 14.4. The van der Waals surface area contributed by atoms with E-state index in [0.29, 0.717) is 16.1 Å². The third-order valence-corrected chi connectivity index (χ3v) is 4.76. The van der Waals surface area contributed by atoms with Gasteiger partial charge in [0.05, 0.1) is 0 Å². The van der Waals surface area contributed by atoms with Gasteiger partial charge in [-0.2, -0.15) is 0 Å². The molecule has 1 aliphatic carbocycles. The average molecular weight is 293 g/mol. The van der Waals surface area contributed by atoms with Crippen molar-refractivity contribution in [3.8, 4) is 11.1 Å². The Balaban J connectivity index is 2.44. The molecule has 0 radical (unpaired) electrons. The van der Waals surface area contributed by atoms with Crippen LogP contribution in [0.25, 0.3) is 11.1 Å². The highest BCUT2D eigenvalue weighted by atomic mass is 35.5. The van der Waals surface area contributed by atoms with Crippen LogP contribution < -0.4 is 0 Å². The van der Waals surface area contributed by atoms with E-state index in [1.54, 1.807) is 6.07 Å². The number of hydrogen-bond donors (Lipinski definition) is 0. The first kappa shape index (κ1) is 13.6. The zero-order valence-electron chi connectivity index (χ0n) is 11.4. The van der Waals surface area contributed by atoms with Crippen molar-refractivity contribution in [3.63, 3.8) is 0 Å². The van der Waals surface area contributed by atoms with Crippen molar-refractivity contribution in [2.45, 2.75) is 32.1 Å². The molecule has 0 bridgehead atoms. The van der Waals surface area contributed by atoms with Crippen molar-refractivity contribution in [1.82, 2.24) is 0 Å². The second kappa shape index (κ2) is 4.56. The lowest BCUT2D eigenvalue weighted by Crippen LogP contribution is -2.24. The summed E-state index contributed by atoms with van der Waals surface area (Å²) in [4.78, 5) is 0. The van der Waals surface area contributed by atoms with Gasteiger partial charge in [-0.3, -0.25) is 0 Å². The van der Waals surface area contributed by atoms with Crippen LogP contribution in [-0.2, 0) is 5.41 Å². The first-order valence-electron chi connectivity index (χ1n) is 6.83. The van der Waals surface area contributed by atoms with Crippen LogP contribution in [0.5, 0.6) is 0 Å². The maximum Gasteiger partial charge on any atom is 0.130 e. The van der Waals surface area contributed by atoms with Crippen LogP contribution >= 0.6 is 11.6 Å². The molecule has 0 aliphatic heterocycles. The molecule has 0 aromatic heterocycles. The lowest BCUT2D eigenvalue weighted by atomic mass is 9.73. The van der Waals surface area contributed by atoms with Crippen LogP contribution in [0, 0.1) is 11.6 Å². The van der Waals surface area contributed by atoms with Crippen molar-refractivity contribution in [1.29, 1.82) is 0 Å². The molecule has 0 unspecified atom stereocenters. The summed E-state index contributed by atoms with van der Waals surface area (Å²) in [6.45, 7) is 4.07. The highest BCUT2D eigenvalue weighted by Crippen LogP contribution is 2.54. The Kier molecular flexibility index (Phi) is 3.09. The van der Waals surface area contributed by atoms with Crippen LogP contribution in [0.1, 0.15) is 37.8 Å². The minimum absolute atomic E-state index is 0.409. The Bertz CT molecular complexity index is 688. The molecule has 0 N–H and O–H groups in total. The minimum Gasteiger partial charge on any atom is -0.207 e. The molecular formula is C17H15ClF2. The standard InChI is InChI=1S/C17H15ClF2/c1-3-17(4-2)14-7-10(18)5-6-12(14)13-8-11(19)9-15(20)16(13)17/h5-9H,3-4H2,1-2H3. The van der Waals surface area contributed by atoms with Gasteiger partial charge in [0.2, 0.25) is 0 Å². The molecule has 0 spiro atoms. The van der Waals surface area contributed by atoms with Gasteiger partial charge in [-0.1, -0.05) is 31.5 Å². The number of fused-ring (bicyclic) bond motifs is 3. The molecule has 1 aliphatic rings. The zero-order valence-corrected chi connectivity index (χ0v) is 12.2. The van der Waals surface area contributed by atoms with E-state index in [1.165, 1.54) is 6.07 Å². The van der Waals surface area contributed by atoms with Gasteiger partial charge >= 0.3 is 0 Å². The van der Waals surface area contributed by atoms with Gasteiger partial charge in [-0.15, -0.1) is 0 Å². The Hall–Kier alpha value is -1.41. The van der Waals surface area contributed by atoms with E-state index in [9.17, 15) is 8.78 Å². The van der Waals surface area contributed by atoms with E-state index >= 15 is 0 Å². The van der Waals surface area contributed by atoms with E-state index in [2.05, 4.69) is 0 Å². The van der Waals surface area contributed by atoms with Crippen molar-refractivity contribution >= 4 is 11.6 Å². The molecule has 2 aromatic carbocycles. The van der Waals surface area contributed by atoms with Crippen LogP contribution in [0.3, 0.4) is 0 Å². The summed E-state index contributed by atoms with van der Waals surface area (Å²) in [5.74, 6) is -0.999. The van der Waals surface area contributed by atoms with Gasteiger partial charge in [-0.25, -0.2) is 8.78 Å². The Morgan fingerprint density at radius 3 is 2.35 bits per heavy atom. The lowest BCUT2D eigenvalue weighted by molar-refractivity contribution is 0.457. The highest BCUT2D eigenvalue weighted by molar-refractivity contribution is 6.30. The normalized spacial score (nSPS) is 15.1. The fourth-order valence-electron chi connectivity index (χ4n) is 3.54. The quantitative estimate of drug-likeness (QED) is 0.665. The van der Waals surface area contributed by atoms with Gasteiger partial charge in [0.15, 0.2) is 0 Å². The SMILES string of the molecule is CCC1(CC)c2cc(Cl)ccc2-c2cc(F)cc(F)c21. The number of benzene rings is 2. The molecular weight excluding hydrogens is 278 g/mol. The Morgan fingerprint density at radius 2 is 1.70 bits per heavy atom. The molecule has 3 rings (SSSR count). The summed E-state index contributed by atoms with van der Waals surface area (Å²) in [6.07, 6.45) is 1.51. The zero-order chi connectivity index (χ0) is 14.5. The first-order valence-corrected chi connectivity index (χ1v) is 7.21. The largest absolute Gasteiger partial charge is 0.207 e. The van der Waals surface area contributed by atoms with E-state index < -0.39 is 17.0 Å². The molecule has 2 aromatic rings. The summed E-state index contributed by atoms with van der Waals surface area (Å²) in [5.41, 5.74) is 2.77. The number of hydrogen-bond acceptors (Lipinski definition) is 0. The summed E-state index contributed by atoms with van der Waals surface area (Å²) in [7, 11) is 0. The minimum atomic E-state index is -0.537. The van der Waals surface area contributed by atoms with Crippen molar-refractivity contribution in [2.75, 3.05) is 0 Å². The van der Waals surface area contributed by atoms with Gasteiger partial charge < -0.3 is 0 Å². The van der Waals surface area contributed by atoms with Crippen LogP contribution in [0.4, 0.5) is 8.78 Å². The van der Waals surface area contributed by atoms with Gasteiger partial charge in [0, 0.05) is 22.1 Å².